The maximum atomic E-state index is 11.7. The Labute approximate surface area is 124 Å². The molecule has 2 aromatic rings. The van der Waals surface area contributed by atoms with Crippen LogP contribution in [-0.4, -0.2) is 17.6 Å². The minimum atomic E-state index is -0.309. The van der Waals surface area contributed by atoms with Crippen LogP contribution >= 0.6 is 0 Å². The Bertz CT molecular complexity index is 624. The Morgan fingerprint density at radius 2 is 2.05 bits per heavy atom. The molecule has 0 spiro atoms. The number of hydrogen-bond donors (Lipinski definition) is 2. The second kappa shape index (κ2) is 6.74. The molecule has 0 atom stereocenters. The number of nitrogens with one attached hydrogen (secondary N) is 1. The van der Waals surface area contributed by atoms with Gasteiger partial charge < -0.3 is 15.8 Å². The first-order chi connectivity index (χ1) is 10.1. The van der Waals surface area contributed by atoms with Crippen LogP contribution in [0.3, 0.4) is 0 Å². The molecule has 0 saturated carbocycles. The average Bonchev–Trinajstić information content (AvgIpc) is 2.48. The van der Waals surface area contributed by atoms with Crippen molar-refractivity contribution in [2.75, 3.05) is 17.7 Å². The summed E-state index contributed by atoms with van der Waals surface area (Å²) in [5, 5.41) is 3.12. The molecule has 0 fully saturated rings. The highest BCUT2D eigenvalue weighted by Gasteiger charge is 2.07. The topological polar surface area (TPSA) is 77.2 Å². The van der Waals surface area contributed by atoms with Gasteiger partial charge in [-0.05, 0) is 49.2 Å². The Hall–Kier alpha value is -2.56. The number of aromatic nitrogens is 1. The molecular weight excluding hydrogens is 266 g/mol. The van der Waals surface area contributed by atoms with Crippen LogP contribution < -0.4 is 11.1 Å². The Morgan fingerprint density at radius 3 is 2.67 bits per heavy atom. The van der Waals surface area contributed by atoms with Gasteiger partial charge in [0.15, 0.2) is 5.82 Å². The number of carbonyl (C=O) groups excluding carboxylic acids is 1. The van der Waals surface area contributed by atoms with Crippen LogP contribution in [0.2, 0.25) is 0 Å². The van der Waals surface area contributed by atoms with Crippen molar-refractivity contribution >= 4 is 23.2 Å². The average molecular weight is 285 g/mol. The highest BCUT2D eigenvalue weighted by Crippen LogP contribution is 2.21. The zero-order chi connectivity index (χ0) is 15.2. The fourth-order valence-electron chi connectivity index (χ4n) is 1.80. The van der Waals surface area contributed by atoms with Gasteiger partial charge in [-0.25, -0.2) is 9.78 Å². The summed E-state index contributed by atoms with van der Waals surface area (Å²) >= 11 is 0. The summed E-state index contributed by atoms with van der Waals surface area (Å²) in [6.07, 6.45) is 2.55. The maximum Gasteiger partial charge on any atom is 0.338 e. The molecule has 0 unspecified atom stereocenters. The Kier molecular flexibility index (Phi) is 4.77. The van der Waals surface area contributed by atoms with Gasteiger partial charge in [-0.1, -0.05) is 6.92 Å². The number of anilines is 3. The number of nitrogens with two attached hydrogens (primary N) is 1. The number of rotatable bonds is 5. The SMILES string of the molecule is CCCOC(=O)c1ccc(Nc2ncc(C)cc2N)cc1. The molecule has 5 heteroatoms. The van der Waals surface area contributed by atoms with E-state index in [9.17, 15) is 4.79 Å². The number of aryl methyl sites for hydroxylation is 1. The first kappa shape index (κ1) is 14.8. The molecule has 5 nitrogen and oxygen atoms in total. The van der Waals surface area contributed by atoms with Crippen molar-refractivity contribution in [3.8, 4) is 0 Å². The van der Waals surface area contributed by atoms with Crippen molar-refractivity contribution in [3.63, 3.8) is 0 Å². The number of nitrogen functional groups attached to an aromatic ring is 1. The number of hydrogen-bond acceptors (Lipinski definition) is 5. The van der Waals surface area contributed by atoms with Crippen molar-refractivity contribution in [1.82, 2.24) is 4.98 Å². The van der Waals surface area contributed by atoms with E-state index in [1.807, 2.05) is 19.9 Å². The van der Waals surface area contributed by atoms with E-state index in [0.29, 0.717) is 23.7 Å². The molecule has 1 heterocycles. The van der Waals surface area contributed by atoms with Crippen LogP contribution in [0.1, 0.15) is 29.3 Å². The third-order valence-corrected chi connectivity index (χ3v) is 2.87. The summed E-state index contributed by atoms with van der Waals surface area (Å²) in [4.78, 5) is 15.9. The molecule has 110 valence electrons. The Morgan fingerprint density at radius 1 is 1.33 bits per heavy atom. The van der Waals surface area contributed by atoms with Gasteiger partial charge in [0.05, 0.1) is 17.9 Å². The van der Waals surface area contributed by atoms with E-state index in [-0.39, 0.29) is 5.97 Å². The minimum absolute atomic E-state index is 0.309. The van der Waals surface area contributed by atoms with Gasteiger partial charge in [-0.3, -0.25) is 0 Å². The lowest BCUT2D eigenvalue weighted by atomic mass is 10.2. The molecule has 1 aromatic carbocycles. The number of carbonyl (C=O) groups is 1. The second-order valence-corrected chi connectivity index (χ2v) is 4.79. The lowest BCUT2D eigenvalue weighted by Crippen LogP contribution is -2.06. The lowest BCUT2D eigenvalue weighted by Gasteiger charge is -2.09. The van der Waals surface area contributed by atoms with E-state index >= 15 is 0 Å². The molecule has 3 N–H and O–H groups in total. The van der Waals surface area contributed by atoms with Crippen LogP contribution in [0.5, 0.6) is 0 Å². The van der Waals surface area contributed by atoms with Crippen LogP contribution in [0.4, 0.5) is 17.2 Å². The summed E-state index contributed by atoms with van der Waals surface area (Å²) < 4.78 is 5.08. The van der Waals surface area contributed by atoms with E-state index in [0.717, 1.165) is 17.7 Å². The number of esters is 1. The fourth-order valence-corrected chi connectivity index (χ4v) is 1.80. The molecule has 0 aliphatic carbocycles. The van der Waals surface area contributed by atoms with E-state index < -0.39 is 0 Å². The van der Waals surface area contributed by atoms with Crippen LogP contribution in [-0.2, 0) is 4.74 Å². The van der Waals surface area contributed by atoms with E-state index in [1.165, 1.54) is 0 Å². The summed E-state index contributed by atoms with van der Waals surface area (Å²) in [6, 6.07) is 8.87. The largest absolute Gasteiger partial charge is 0.462 e. The van der Waals surface area contributed by atoms with E-state index in [1.54, 1.807) is 30.5 Å². The van der Waals surface area contributed by atoms with Gasteiger partial charge in [-0.2, -0.15) is 0 Å². The molecule has 21 heavy (non-hydrogen) atoms. The molecular formula is C16H19N3O2. The predicted octanol–water partition coefficient (Wildman–Crippen LogP) is 3.28. The van der Waals surface area contributed by atoms with Gasteiger partial charge in [0.25, 0.3) is 0 Å². The summed E-state index contributed by atoms with van der Waals surface area (Å²) in [5.74, 6) is 0.290. The Balaban J connectivity index is 2.07. The first-order valence-corrected chi connectivity index (χ1v) is 6.86. The molecule has 2 rings (SSSR count). The molecule has 1 aromatic heterocycles. The van der Waals surface area contributed by atoms with Crippen LogP contribution in [0.15, 0.2) is 36.5 Å². The van der Waals surface area contributed by atoms with Crippen molar-refractivity contribution in [1.29, 1.82) is 0 Å². The molecule has 0 bridgehead atoms. The van der Waals surface area contributed by atoms with Crippen molar-refractivity contribution in [2.45, 2.75) is 20.3 Å². The maximum absolute atomic E-state index is 11.7. The number of benzene rings is 1. The lowest BCUT2D eigenvalue weighted by molar-refractivity contribution is 0.0505. The quantitative estimate of drug-likeness (QED) is 0.824. The van der Waals surface area contributed by atoms with Gasteiger partial charge in [0.2, 0.25) is 0 Å². The molecule has 0 aliphatic heterocycles. The highest BCUT2D eigenvalue weighted by molar-refractivity contribution is 5.90. The summed E-state index contributed by atoms with van der Waals surface area (Å²) in [7, 11) is 0. The zero-order valence-corrected chi connectivity index (χ0v) is 12.2. The first-order valence-electron chi connectivity index (χ1n) is 6.86. The van der Waals surface area contributed by atoms with Crippen molar-refractivity contribution in [3.05, 3.63) is 47.7 Å². The van der Waals surface area contributed by atoms with Crippen molar-refractivity contribution in [2.24, 2.45) is 0 Å². The number of ether oxygens (including phenoxy) is 1. The molecule has 0 saturated heterocycles. The molecule has 0 amide bonds. The van der Waals surface area contributed by atoms with Gasteiger partial charge in [-0.15, -0.1) is 0 Å². The zero-order valence-electron chi connectivity index (χ0n) is 12.2. The van der Waals surface area contributed by atoms with Gasteiger partial charge in [0, 0.05) is 11.9 Å². The monoisotopic (exact) mass is 285 g/mol. The summed E-state index contributed by atoms with van der Waals surface area (Å²) in [5.41, 5.74) is 8.83. The second-order valence-electron chi connectivity index (χ2n) is 4.79. The van der Waals surface area contributed by atoms with Crippen LogP contribution in [0.25, 0.3) is 0 Å². The third-order valence-electron chi connectivity index (χ3n) is 2.87. The van der Waals surface area contributed by atoms with E-state index in [4.69, 9.17) is 10.5 Å². The smallest absolute Gasteiger partial charge is 0.338 e. The van der Waals surface area contributed by atoms with Gasteiger partial charge >= 0.3 is 5.97 Å². The number of nitrogens with zero attached hydrogens (tertiary/aromatic N) is 1. The fraction of sp³-hybridized carbons (Fsp3) is 0.250. The standard InChI is InChI=1S/C16H19N3O2/c1-3-8-21-16(20)12-4-6-13(7-5-12)19-15-14(17)9-11(2)10-18-15/h4-7,9-10H,3,8,17H2,1-2H3,(H,18,19). The minimum Gasteiger partial charge on any atom is -0.462 e. The summed E-state index contributed by atoms with van der Waals surface area (Å²) in [6.45, 7) is 4.33. The van der Waals surface area contributed by atoms with E-state index in [2.05, 4.69) is 10.3 Å². The van der Waals surface area contributed by atoms with Crippen molar-refractivity contribution < 1.29 is 9.53 Å². The highest BCUT2D eigenvalue weighted by atomic mass is 16.5. The molecule has 0 radical (unpaired) electrons. The molecule has 0 aliphatic rings. The van der Waals surface area contributed by atoms with Crippen LogP contribution in [0, 0.1) is 6.92 Å². The predicted molar refractivity (Wildman–Crippen MR) is 83.7 cm³/mol. The van der Waals surface area contributed by atoms with Gasteiger partial charge in [0.1, 0.15) is 0 Å². The third kappa shape index (κ3) is 3.95. The number of pyridine rings is 1. The normalized spacial score (nSPS) is 10.2.